The molecule has 0 N–H and O–H groups in total. The van der Waals surface area contributed by atoms with Crippen molar-refractivity contribution in [2.75, 3.05) is 0 Å². The Kier molecular flexibility index (Phi) is 3.92. The second kappa shape index (κ2) is 6.23. The Labute approximate surface area is 139 Å². The van der Waals surface area contributed by atoms with E-state index in [4.69, 9.17) is 9.25 Å². The van der Waals surface area contributed by atoms with Crippen molar-refractivity contribution < 1.29 is 18.4 Å². The van der Waals surface area contributed by atoms with E-state index in [0.717, 1.165) is 67.7 Å². The summed E-state index contributed by atoms with van der Waals surface area (Å²) in [6, 6.07) is 5.25. The molecule has 0 radical (unpaired) electrons. The quantitative estimate of drug-likeness (QED) is 0.614. The zero-order chi connectivity index (χ0) is 16.5. The molecule has 1 aromatic heterocycles. The molecule has 0 atom stereocenters. The summed E-state index contributed by atoms with van der Waals surface area (Å²) in [6.45, 7) is 0. The van der Waals surface area contributed by atoms with Gasteiger partial charge in [-0.3, -0.25) is 0 Å². The second-order valence-electron chi connectivity index (χ2n) is 6.29. The number of carbonyl (C=O) groups is 1. The normalized spacial score (nSPS) is 18.1. The highest BCUT2D eigenvalue weighted by molar-refractivity contribution is 6.04. The number of furan rings is 1. The van der Waals surface area contributed by atoms with Crippen molar-refractivity contribution in [3.05, 3.63) is 58.3 Å². The van der Waals surface area contributed by atoms with Crippen molar-refractivity contribution in [3.63, 3.8) is 0 Å². The molecule has 2 aromatic rings. The smallest absolute Gasteiger partial charge is 0.365 e. The van der Waals surface area contributed by atoms with Crippen LogP contribution in [0.15, 0.2) is 33.8 Å². The summed E-state index contributed by atoms with van der Waals surface area (Å²) < 4.78 is 18.9. The van der Waals surface area contributed by atoms with Gasteiger partial charge in [-0.25, -0.2) is 9.18 Å². The number of fused-ring (bicyclic) bond motifs is 3. The molecular formula is C19H18FNO3. The Balaban J connectivity index is 1.59. The van der Waals surface area contributed by atoms with Gasteiger partial charge in [0.2, 0.25) is 0 Å². The third-order valence-corrected chi connectivity index (χ3v) is 4.67. The molecule has 0 amide bonds. The first-order chi connectivity index (χ1) is 11.7. The predicted octanol–water partition coefficient (Wildman–Crippen LogP) is 4.19. The van der Waals surface area contributed by atoms with Crippen LogP contribution < -0.4 is 0 Å². The Morgan fingerprint density at radius 2 is 1.75 bits per heavy atom. The Morgan fingerprint density at radius 3 is 2.58 bits per heavy atom. The summed E-state index contributed by atoms with van der Waals surface area (Å²) in [6.07, 6.45) is 6.91. The molecule has 5 heteroatoms. The van der Waals surface area contributed by atoms with E-state index in [1.807, 2.05) is 0 Å². The molecule has 4 nitrogen and oxygen atoms in total. The molecule has 2 aliphatic rings. The van der Waals surface area contributed by atoms with Crippen molar-refractivity contribution in [1.29, 1.82) is 0 Å². The highest BCUT2D eigenvalue weighted by atomic mass is 19.1. The molecule has 4 rings (SSSR count). The third-order valence-electron chi connectivity index (χ3n) is 4.67. The predicted molar refractivity (Wildman–Crippen MR) is 86.6 cm³/mol. The van der Waals surface area contributed by atoms with Crippen LogP contribution in [0, 0.1) is 5.82 Å². The van der Waals surface area contributed by atoms with Crippen molar-refractivity contribution >= 4 is 11.7 Å². The Hall–Kier alpha value is -2.43. The summed E-state index contributed by atoms with van der Waals surface area (Å²) in [5.41, 5.74) is 3.38. The van der Waals surface area contributed by atoms with Crippen LogP contribution in [-0.2, 0) is 24.1 Å². The van der Waals surface area contributed by atoms with Gasteiger partial charge in [-0.15, -0.1) is 0 Å². The second-order valence-corrected chi connectivity index (χ2v) is 6.29. The van der Waals surface area contributed by atoms with Gasteiger partial charge in [-0.1, -0.05) is 5.16 Å². The van der Waals surface area contributed by atoms with E-state index in [9.17, 15) is 9.18 Å². The number of nitrogens with zero attached hydrogens (tertiary/aromatic N) is 1. The third kappa shape index (κ3) is 2.75. The molecule has 0 fully saturated rings. The van der Waals surface area contributed by atoms with E-state index in [1.165, 1.54) is 29.8 Å². The first-order valence-electron chi connectivity index (χ1n) is 8.40. The number of hydrogen-bond donors (Lipinski definition) is 0. The lowest BCUT2D eigenvalue weighted by molar-refractivity contribution is 0.0515. The van der Waals surface area contributed by atoms with E-state index >= 15 is 0 Å². The molecule has 0 unspecified atom stereocenters. The molecule has 1 aromatic carbocycles. The van der Waals surface area contributed by atoms with Gasteiger partial charge in [0, 0.05) is 24.0 Å². The molecule has 0 bridgehead atoms. The summed E-state index contributed by atoms with van der Waals surface area (Å²) >= 11 is 0. The van der Waals surface area contributed by atoms with Gasteiger partial charge >= 0.3 is 5.97 Å². The number of carbonyl (C=O) groups excluding carboxylic acids is 1. The van der Waals surface area contributed by atoms with Crippen LogP contribution in [0.2, 0.25) is 0 Å². The molecule has 0 saturated heterocycles. The Bertz CT molecular complexity index is 805. The minimum Gasteiger partial charge on any atom is -0.465 e. The fourth-order valence-corrected chi connectivity index (χ4v) is 3.50. The van der Waals surface area contributed by atoms with Crippen LogP contribution in [-0.4, -0.2) is 11.7 Å². The molecule has 0 spiro atoms. The maximum absolute atomic E-state index is 12.9. The van der Waals surface area contributed by atoms with Crippen LogP contribution in [0.4, 0.5) is 4.39 Å². The fraction of sp³-hybridized carbons (Fsp3) is 0.368. The summed E-state index contributed by atoms with van der Waals surface area (Å²) in [5, 5.41) is 4.12. The summed E-state index contributed by atoms with van der Waals surface area (Å²) in [4.78, 5) is 17.2. The van der Waals surface area contributed by atoms with E-state index in [-0.39, 0.29) is 11.4 Å². The van der Waals surface area contributed by atoms with Crippen LogP contribution >= 0.6 is 0 Å². The van der Waals surface area contributed by atoms with Crippen LogP contribution in [0.1, 0.15) is 58.7 Å². The van der Waals surface area contributed by atoms with E-state index in [2.05, 4.69) is 5.16 Å². The number of aryl methyl sites for hydroxylation is 2. The zero-order valence-electron chi connectivity index (χ0n) is 13.3. The minimum absolute atomic E-state index is 0.283. The lowest BCUT2D eigenvalue weighted by Gasteiger charge is -2.15. The Morgan fingerprint density at radius 1 is 1.00 bits per heavy atom. The first kappa shape index (κ1) is 15.1. The zero-order valence-corrected chi connectivity index (χ0v) is 13.3. The van der Waals surface area contributed by atoms with Crippen LogP contribution in [0.3, 0.4) is 0 Å². The number of hydrogen-bond acceptors (Lipinski definition) is 4. The standard InChI is InChI=1S/C19H18FNO3/c20-13-10-8-12(9-11-13)19(22)24-21-15-5-3-7-17-18(15)14-4-1-2-6-16(14)23-17/h8-11H,1-7H2. The maximum Gasteiger partial charge on any atom is 0.365 e. The molecule has 2 aliphatic carbocycles. The van der Waals surface area contributed by atoms with Crippen molar-refractivity contribution in [2.45, 2.75) is 44.9 Å². The van der Waals surface area contributed by atoms with Gasteiger partial charge in [0.1, 0.15) is 17.3 Å². The van der Waals surface area contributed by atoms with Gasteiger partial charge in [0.25, 0.3) is 0 Å². The first-order valence-corrected chi connectivity index (χ1v) is 8.40. The van der Waals surface area contributed by atoms with Gasteiger partial charge in [-0.2, -0.15) is 0 Å². The molecule has 124 valence electrons. The van der Waals surface area contributed by atoms with Gasteiger partial charge < -0.3 is 9.25 Å². The van der Waals surface area contributed by atoms with Gasteiger partial charge in [-0.05, 0) is 56.4 Å². The SMILES string of the molecule is O=C(ON=C1CCCc2oc3c(c21)CCCC3)c1ccc(F)cc1. The van der Waals surface area contributed by atoms with E-state index in [0.29, 0.717) is 0 Å². The topological polar surface area (TPSA) is 51.8 Å². The lowest BCUT2D eigenvalue weighted by atomic mass is 9.88. The number of oxime groups is 1. The summed E-state index contributed by atoms with van der Waals surface area (Å²) in [5.74, 6) is 1.09. The molecule has 24 heavy (non-hydrogen) atoms. The van der Waals surface area contributed by atoms with Crippen LogP contribution in [0.25, 0.3) is 0 Å². The molecule has 0 saturated carbocycles. The number of halogens is 1. The monoisotopic (exact) mass is 327 g/mol. The van der Waals surface area contributed by atoms with Gasteiger partial charge in [0.15, 0.2) is 0 Å². The van der Waals surface area contributed by atoms with Gasteiger partial charge in [0.05, 0.1) is 11.3 Å². The lowest BCUT2D eigenvalue weighted by Crippen LogP contribution is -2.14. The average Bonchev–Trinajstić information content (AvgIpc) is 2.99. The van der Waals surface area contributed by atoms with E-state index in [1.54, 1.807) is 0 Å². The molecule has 1 heterocycles. The summed E-state index contributed by atoms with van der Waals surface area (Å²) in [7, 11) is 0. The highest BCUT2D eigenvalue weighted by Crippen LogP contribution is 2.34. The molecular weight excluding hydrogens is 309 g/mol. The van der Waals surface area contributed by atoms with Crippen molar-refractivity contribution in [2.24, 2.45) is 5.16 Å². The molecule has 0 aliphatic heterocycles. The minimum atomic E-state index is -0.577. The van der Waals surface area contributed by atoms with E-state index < -0.39 is 5.97 Å². The number of rotatable bonds is 2. The van der Waals surface area contributed by atoms with Crippen molar-refractivity contribution in [3.8, 4) is 0 Å². The maximum atomic E-state index is 12.9. The fourth-order valence-electron chi connectivity index (χ4n) is 3.50. The van der Waals surface area contributed by atoms with Crippen molar-refractivity contribution in [1.82, 2.24) is 0 Å². The highest BCUT2D eigenvalue weighted by Gasteiger charge is 2.28. The number of benzene rings is 1. The average molecular weight is 327 g/mol. The largest absolute Gasteiger partial charge is 0.465 e. The van der Waals surface area contributed by atoms with Crippen LogP contribution in [0.5, 0.6) is 0 Å².